The maximum absolute atomic E-state index is 7.67. The summed E-state index contributed by atoms with van der Waals surface area (Å²) in [6.07, 6.45) is 1.82. The van der Waals surface area contributed by atoms with E-state index in [9.17, 15) is 0 Å². The number of rotatable bonds is 3. The van der Waals surface area contributed by atoms with Gasteiger partial charge in [-0.15, -0.1) is 0 Å². The van der Waals surface area contributed by atoms with Gasteiger partial charge in [0.2, 0.25) is 0 Å². The zero-order chi connectivity index (χ0) is 49.5. The lowest BCUT2D eigenvalue weighted by Crippen LogP contribution is -2.62. The van der Waals surface area contributed by atoms with E-state index in [-0.39, 0.29) is 28.4 Å². The van der Waals surface area contributed by atoms with Gasteiger partial charge < -0.3 is 9.64 Å². The summed E-state index contributed by atoms with van der Waals surface area (Å²) in [4.78, 5) is 5.27. The standard InChI is InChI=1S/C66H66BN3O/c1-39-33-53-57-54(34-39)69(46-31-27-44(28-32-46)63(7,8)9)61-58(56-60(65(12,13)38-64(56,10)11)70(61)59-40(2)19-18-20-41(59)3)67(57)51-36-55-42(35-52(51)68(53)45-29-25-43(26-30-45)62(4,5)6)37-66(71-55)49-23-16-14-21-47(49)48-22-15-17-24-50(48)66/h14-36H,37-38H2,1-13H3. The third kappa shape index (κ3) is 6.11. The number of nitrogens with zero attached hydrogens (tertiary/aromatic N) is 3. The molecule has 2 aliphatic carbocycles. The summed E-state index contributed by atoms with van der Waals surface area (Å²) in [5.41, 5.74) is 26.3. The van der Waals surface area contributed by atoms with Gasteiger partial charge in [-0.2, -0.15) is 0 Å². The zero-order valence-corrected chi connectivity index (χ0v) is 44.0. The summed E-state index contributed by atoms with van der Waals surface area (Å²) in [5, 5.41) is 0. The van der Waals surface area contributed by atoms with Gasteiger partial charge >= 0.3 is 0 Å². The average molecular weight is 928 g/mol. The summed E-state index contributed by atoms with van der Waals surface area (Å²) < 4.78 is 10.4. The molecule has 1 aromatic heterocycles. The molecule has 0 N–H and O–H groups in total. The Labute approximate surface area is 422 Å². The Morgan fingerprint density at radius 1 is 0.549 bits per heavy atom. The van der Waals surface area contributed by atoms with Crippen LogP contribution in [0.5, 0.6) is 5.75 Å². The van der Waals surface area contributed by atoms with E-state index in [0.717, 1.165) is 18.6 Å². The van der Waals surface area contributed by atoms with Gasteiger partial charge in [0, 0.05) is 62.7 Å². The highest BCUT2D eigenvalue weighted by atomic mass is 16.5. The monoisotopic (exact) mass is 928 g/mol. The van der Waals surface area contributed by atoms with Gasteiger partial charge in [-0.3, -0.25) is 9.47 Å². The molecule has 4 heterocycles. The lowest BCUT2D eigenvalue weighted by atomic mass is 9.32. The third-order valence-corrected chi connectivity index (χ3v) is 17.1. The molecule has 0 unspecified atom stereocenters. The van der Waals surface area contributed by atoms with Crippen LogP contribution in [0.4, 0.5) is 34.3 Å². The van der Waals surface area contributed by atoms with Crippen molar-refractivity contribution in [3.05, 3.63) is 195 Å². The Morgan fingerprint density at radius 3 is 1.65 bits per heavy atom. The minimum absolute atomic E-state index is 0.0171. The van der Waals surface area contributed by atoms with Crippen LogP contribution in [-0.4, -0.2) is 11.3 Å². The van der Waals surface area contributed by atoms with Gasteiger partial charge in [0.25, 0.3) is 6.71 Å². The molecular formula is C66H66BN3O. The fourth-order valence-corrected chi connectivity index (χ4v) is 14.3. The summed E-state index contributed by atoms with van der Waals surface area (Å²) in [6.45, 7) is 30.7. The maximum atomic E-state index is 7.67. The second kappa shape index (κ2) is 14.5. The first-order valence-electron chi connectivity index (χ1n) is 26.1. The van der Waals surface area contributed by atoms with Crippen molar-refractivity contribution in [3.8, 4) is 22.6 Å². The molecule has 0 amide bonds. The highest BCUT2D eigenvalue weighted by Crippen LogP contribution is 2.59. The van der Waals surface area contributed by atoms with Crippen molar-refractivity contribution in [1.29, 1.82) is 0 Å². The van der Waals surface area contributed by atoms with Gasteiger partial charge in [0.1, 0.15) is 11.6 Å². The Balaban J connectivity index is 1.16. The number of hydrogen-bond donors (Lipinski definition) is 0. The highest BCUT2D eigenvalue weighted by Gasteiger charge is 2.56. The number of aromatic nitrogens is 1. The maximum Gasteiger partial charge on any atom is 0.254 e. The van der Waals surface area contributed by atoms with Crippen molar-refractivity contribution in [3.63, 3.8) is 0 Å². The van der Waals surface area contributed by atoms with Gasteiger partial charge in [-0.25, -0.2) is 0 Å². The molecule has 354 valence electrons. The van der Waals surface area contributed by atoms with Crippen molar-refractivity contribution in [2.75, 3.05) is 9.80 Å². The molecule has 13 rings (SSSR count). The molecule has 8 aromatic rings. The van der Waals surface area contributed by atoms with Crippen molar-refractivity contribution < 1.29 is 4.74 Å². The van der Waals surface area contributed by atoms with Gasteiger partial charge in [0.15, 0.2) is 5.60 Å². The van der Waals surface area contributed by atoms with Crippen LogP contribution in [0, 0.1) is 20.8 Å². The highest BCUT2D eigenvalue weighted by molar-refractivity contribution is 7.00. The fourth-order valence-electron chi connectivity index (χ4n) is 14.3. The minimum atomic E-state index is -0.611. The average Bonchev–Trinajstić information content (AvgIpc) is 4.01. The lowest BCUT2D eigenvalue weighted by Gasteiger charge is -2.45. The molecule has 4 nitrogen and oxygen atoms in total. The van der Waals surface area contributed by atoms with Crippen LogP contribution in [0.2, 0.25) is 0 Å². The van der Waals surface area contributed by atoms with Crippen LogP contribution in [0.3, 0.4) is 0 Å². The van der Waals surface area contributed by atoms with Gasteiger partial charge in [-0.05, 0) is 153 Å². The summed E-state index contributed by atoms with van der Waals surface area (Å²) in [5.74, 6) is 2.25. The quantitative estimate of drug-likeness (QED) is 0.165. The van der Waals surface area contributed by atoms with Crippen LogP contribution >= 0.6 is 0 Å². The minimum Gasteiger partial charge on any atom is -0.477 e. The molecule has 3 aliphatic heterocycles. The number of para-hydroxylation sites is 1. The molecule has 0 fully saturated rings. The third-order valence-electron chi connectivity index (χ3n) is 17.1. The topological polar surface area (TPSA) is 20.6 Å². The van der Waals surface area contributed by atoms with Crippen LogP contribution in [0.1, 0.15) is 131 Å². The number of anilines is 6. The van der Waals surface area contributed by atoms with E-state index in [1.54, 1.807) is 0 Å². The van der Waals surface area contributed by atoms with Crippen molar-refractivity contribution in [2.45, 2.75) is 130 Å². The SMILES string of the molecule is Cc1cc2c3c(c1)N(c1ccc(C(C)(C)C)cc1)c1c(c4c(n1-c1c(C)cccc1C)C(C)(C)CC4(C)C)B3c1cc3c(cc1N2c1ccc(C(C)(C)C)cc1)CC1(O3)c2ccccc2-c2ccccc21. The number of ether oxygens (including phenoxy) is 1. The smallest absolute Gasteiger partial charge is 0.254 e. The first kappa shape index (κ1) is 44.2. The Hall–Kier alpha value is -6.72. The largest absolute Gasteiger partial charge is 0.477 e. The van der Waals surface area contributed by atoms with Crippen molar-refractivity contribution >= 4 is 57.4 Å². The van der Waals surface area contributed by atoms with E-state index in [1.807, 2.05) is 0 Å². The number of fused-ring (bicyclic) bond motifs is 12. The first-order chi connectivity index (χ1) is 33.7. The van der Waals surface area contributed by atoms with E-state index < -0.39 is 5.60 Å². The van der Waals surface area contributed by atoms with E-state index in [1.165, 1.54) is 123 Å². The normalized spacial score (nSPS) is 17.1. The van der Waals surface area contributed by atoms with E-state index in [2.05, 4.69) is 244 Å². The van der Waals surface area contributed by atoms with Crippen molar-refractivity contribution in [2.24, 2.45) is 0 Å². The molecule has 1 spiro atoms. The van der Waals surface area contributed by atoms with E-state index >= 15 is 0 Å². The van der Waals surface area contributed by atoms with Crippen LogP contribution in [0.15, 0.2) is 140 Å². The second-order valence-electron chi connectivity index (χ2n) is 25.1. The molecule has 5 aliphatic rings. The van der Waals surface area contributed by atoms with Crippen LogP contribution in [0.25, 0.3) is 16.8 Å². The molecule has 0 atom stereocenters. The molecule has 5 heteroatoms. The molecule has 0 bridgehead atoms. The summed E-state index contributed by atoms with van der Waals surface area (Å²) >= 11 is 0. The molecule has 71 heavy (non-hydrogen) atoms. The molecular weight excluding hydrogens is 862 g/mol. The molecule has 7 aromatic carbocycles. The molecule has 0 saturated carbocycles. The Morgan fingerprint density at radius 2 is 1.08 bits per heavy atom. The van der Waals surface area contributed by atoms with Gasteiger partial charge in [-0.1, -0.05) is 160 Å². The van der Waals surface area contributed by atoms with Crippen molar-refractivity contribution in [1.82, 2.24) is 4.57 Å². The predicted molar refractivity (Wildman–Crippen MR) is 299 cm³/mol. The molecule has 0 radical (unpaired) electrons. The lowest BCUT2D eigenvalue weighted by molar-refractivity contribution is 0.145. The first-order valence-corrected chi connectivity index (χ1v) is 26.1. The summed E-state index contributed by atoms with van der Waals surface area (Å²) in [6, 6.07) is 53.6. The number of benzene rings is 7. The Kier molecular flexibility index (Phi) is 9.01. The summed E-state index contributed by atoms with van der Waals surface area (Å²) in [7, 11) is 0. The Bertz CT molecular complexity index is 3510. The number of hydrogen-bond acceptors (Lipinski definition) is 3. The molecule has 0 saturated heterocycles. The van der Waals surface area contributed by atoms with Crippen LogP contribution in [-0.2, 0) is 33.7 Å². The second-order valence-corrected chi connectivity index (χ2v) is 25.1. The number of aryl methyl sites for hydroxylation is 3. The van der Waals surface area contributed by atoms with Crippen LogP contribution < -0.4 is 30.9 Å². The van der Waals surface area contributed by atoms with E-state index in [4.69, 9.17) is 4.74 Å². The fraction of sp³-hybridized carbons (Fsp3) is 0.303. The van der Waals surface area contributed by atoms with Gasteiger partial charge in [0.05, 0.1) is 5.69 Å². The van der Waals surface area contributed by atoms with E-state index in [0.29, 0.717) is 0 Å². The predicted octanol–water partition coefficient (Wildman–Crippen LogP) is 14.9. The zero-order valence-electron chi connectivity index (χ0n) is 44.0.